The molecule has 2 amide bonds. The Bertz CT molecular complexity index is 878. The molecule has 8 nitrogen and oxygen atoms in total. The van der Waals surface area contributed by atoms with Crippen LogP contribution in [0.25, 0.3) is 0 Å². The van der Waals surface area contributed by atoms with E-state index in [2.05, 4.69) is 15.5 Å². The molecule has 29 heavy (non-hydrogen) atoms. The van der Waals surface area contributed by atoms with E-state index in [1.165, 1.54) is 0 Å². The van der Waals surface area contributed by atoms with Crippen LogP contribution in [0.15, 0.2) is 16.8 Å². The van der Waals surface area contributed by atoms with Crippen molar-refractivity contribution < 1.29 is 9.59 Å². The maximum absolute atomic E-state index is 12.7. The van der Waals surface area contributed by atoms with E-state index in [4.69, 9.17) is 0 Å². The van der Waals surface area contributed by atoms with Crippen LogP contribution >= 0.6 is 11.3 Å². The minimum absolute atomic E-state index is 0.102. The topological polar surface area (TPSA) is 83.4 Å². The van der Waals surface area contributed by atoms with Crippen molar-refractivity contribution >= 4 is 23.2 Å². The minimum Gasteiger partial charge on any atom is -0.348 e. The summed E-state index contributed by atoms with van der Waals surface area (Å²) in [6.07, 6.45) is 3.70. The monoisotopic (exact) mass is 416 g/mol. The highest BCUT2D eigenvalue weighted by Crippen LogP contribution is 2.41. The number of likely N-dealkylation sites (tertiary alicyclic amines) is 1. The molecular weight excluding hydrogens is 388 g/mol. The molecule has 0 saturated carbocycles. The molecule has 1 saturated heterocycles. The Kier molecular flexibility index (Phi) is 5.69. The number of rotatable bonds is 5. The van der Waals surface area contributed by atoms with E-state index < -0.39 is 0 Å². The quantitative estimate of drug-likeness (QED) is 0.799. The standard InChI is InChI=1S/C20H28N6O2S/c1-24(2)11-8-21-18(27)17-23-22-16-3-5-20(7-10-26(16)17)6-9-25(14-20)19(28)15-4-12-29-13-15/h4,12-13H,3,5-11,14H2,1-2H3,(H,21,27)/t20-/m1/s1. The van der Waals surface area contributed by atoms with Crippen LogP contribution < -0.4 is 5.32 Å². The van der Waals surface area contributed by atoms with Crippen LogP contribution in [0.5, 0.6) is 0 Å². The summed E-state index contributed by atoms with van der Waals surface area (Å²) in [6.45, 7) is 3.66. The van der Waals surface area contributed by atoms with E-state index in [9.17, 15) is 9.59 Å². The predicted octanol–water partition coefficient (Wildman–Crippen LogP) is 1.50. The fourth-order valence-corrected chi connectivity index (χ4v) is 4.96. The lowest BCUT2D eigenvalue weighted by atomic mass is 9.80. The number of fused-ring (bicyclic) bond motifs is 1. The smallest absolute Gasteiger partial charge is 0.289 e. The van der Waals surface area contributed by atoms with Gasteiger partial charge in [-0.15, -0.1) is 10.2 Å². The van der Waals surface area contributed by atoms with Gasteiger partial charge in [0.25, 0.3) is 11.8 Å². The molecule has 2 aromatic rings. The number of aromatic nitrogens is 3. The second-order valence-electron chi connectivity index (χ2n) is 8.39. The molecule has 0 radical (unpaired) electrons. The van der Waals surface area contributed by atoms with E-state index >= 15 is 0 Å². The molecular formula is C20H28N6O2S. The third-order valence-electron chi connectivity index (χ3n) is 6.11. The van der Waals surface area contributed by atoms with Crippen molar-refractivity contribution in [2.24, 2.45) is 5.41 Å². The molecule has 1 atom stereocenters. The second-order valence-corrected chi connectivity index (χ2v) is 9.17. The number of nitrogens with one attached hydrogen (secondary N) is 1. The Balaban J connectivity index is 1.41. The predicted molar refractivity (Wildman–Crippen MR) is 111 cm³/mol. The fourth-order valence-electron chi connectivity index (χ4n) is 4.33. The highest BCUT2D eigenvalue weighted by atomic mass is 32.1. The van der Waals surface area contributed by atoms with Crippen LogP contribution in [0.3, 0.4) is 0 Å². The van der Waals surface area contributed by atoms with E-state index in [-0.39, 0.29) is 17.2 Å². The van der Waals surface area contributed by atoms with Gasteiger partial charge >= 0.3 is 0 Å². The molecule has 0 aliphatic carbocycles. The zero-order chi connectivity index (χ0) is 20.4. The number of hydrogen-bond donors (Lipinski definition) is 1. The Morgan fingerprint density at radius 2 is 2.07 bits per heavy atom. The van der Waals surface area contributed by atoms with Crippen LogP contribution in [0, 0.1) is 5.41 Å². The summed E-state index contributed by atoms with van der Waals surface area (Å²) in [5, 5.41) is 15.2. The number of carbonyl (C=O) groups is 2. The van der Waals surface area contributed by atoms with Crippen LogP contribution in [-0.4, -0.2) is 76.7 Å². The fraction of sp³-hybridized carbons (Fsp3) is 0.600. The number of aryl methyl sites for hydroxylation is 1. The van der Waals surface area contributed by atoms with Gasteiger partial charge in [-0.3, -0.25) is 9.59 Å². The molecule has 4 rings (SSSR count). The number of thiophene rings is 1. The lowest BCUT2D eigenvalue weighted by molar-refractivity contribution is 0.0767. The highest BCUT2D eigenvalue weighted by Gasteiger charge is 2.41. The Morgan fingerprint density at radius 3 is 2.83 bits per heavy atom. The van der Waals surface area contributed by atoms with Gasteiger partial charge in [-0.2, -0.15) is 11.3 Å². The summed E-state index contributed by atoms with van der Waals surface area (Å²) in [7, 11) is 3.95. The van der Waals surface area contributed by atoms with Gasteiger partial charge in [-0.05, 0) is 50.2 Å². The molecule has 0 bridgehead atoms. The lowest BCUT2D eigenvalue weighted by Gasteiger charge is -2.27. The zero-order valence-corrected chi connectivity index (χ0v) is 17.9. The molecule has 0 unspecified atom stereocenters. The third-order valence-corrected chi connectivity index (χ3v) is 6.80. The Morgan fingerprint density at radius 1 is 1.24 bits per heavy atom. The Hall–Kier alpha value is -2.26. The van der Waals surface area contributed by atoms with E-state index in [1.54, 1.807) is 11.3 Å². The number of likely N-dealkylation sites (N-methyl/N-ethyl adjacent to an activating group) is 1. The summed E-state index contributed by atoms with van der Waals surface area (Å²) in [5.41, 5.74) is 0.889. The van der Waals surface area contributed by atoms with Crippen LogP contribution in [0.1, 0.15) is 46.1 Å². The lowest BCUT2D eigenvalue weighted by Crippen LogP contribution is -2.33. The van der Waals surface area contributed by atoms with Crippen molar-refractivity contribution in [3.8, 4) is 0 Å². The van der Waals surface area contributed by atoms with Crippen LogP contribution in [0.4, 0.5) is 0 Å². The van der Waals surface area contributed by atoms with Gasteiger partial charge in [0.1, 0.15) is 5.82 Å². The molecule has 1 fully saturated rings. The van der Waals surface area contributed by atoms with Gasteiger partial charge < -0.3 is 19.7 Å². The Labute approximate surface area is 174 Å². The van der Waals surface area contributed by atoms with E-state index in [0.29, 0.717) is 12.4 Å². The third kappa shape index (κ3) is 4.20. The molecule has 9 heteroatoms. The van der Waals surface area contributed by atoms with Crippen molar-refractivity contribution in [1.29, 1.82) is 0 Å². The molecule has 2 aliphatic rings. The number of hydrogen-bond acceptors (Lipinski definition) is 6. The molecule has 2 aromatic heterocycles. The minimum atomic E-state index is -0.165. The zero-order valence-electron chi connectivity index (χ0n) is 17.1. The van der Waals surface area contributed by atoms with Crippen molar-refractivity contribution in [2.45, 2.75) is 32.2 Å². The van der Waals surface area contributed by atoms with E-state index in [0.717, 1.165) is 63.3 Å². The van der Waals surface area contributed by atoms with Crippen LogP contribution in [-0.2, 0) is 13.0 Å². The average Bonchev–Trinajstić information content (AvgIpc) is 3.42. The molecule has 4 heterocycles. The largest absolute Gasteiger partial charge is 0.348 e. The molecule has 0 aromatic carbocycles. The number of carbonyl (C=O) groups excluding carboxylic acids is 2. The van der Waals surface area contributed by atoms with Gasteiger partial charge in [0.15, 0.2) is 0 Å². The summed E-state index contributed by atoms with van der Waals surface area (Å²) in [6, 6.07) is 1.90. The van der Waals surface area contributed by atoms with Gasteiger partial charge in [-0.25, -0.2) is 0 Å². The molecule has 156 valence electrons. The second kappa shape index (κ2) is 8.23. The van der Waals surface area contributed by atoms with Gasteiger partial charge in [0.2, 0.25) is 5.82 Å². The molecule has 1 N–H and O–H groups in total. The average molecular weight is 417 g/mol. The normalized spacial score (nSPS) is 21.4. The van der Waals surface area contributed by atoms with Crippen LogP contribution in [0.2, 0.25) is 0 Å². The number of nitrogens with zero attached hydrogens (tertiary/aromatic N) is 5. The summed E-state index contributed by atoms with van der Waals surface area (Å²) >= 11 is 1.55. The van der Waals surface area contributed by atoms with Crippen molar-refractivity contribution in [2.75, 3.05) is 40.3 Å². The van der Waals surface area contributed by atoms with Gasteiger partial charge in [-0.1, -0.05) is 0 Å². The first-order valence-electron chi connectivity index (χ1n) is 10.1. The highest BCUT2D eigenvalue weighted by molar-refractivity contribution is 7.08. The van der Waals surface area contributed by atoms with Gasteiger partial charge in [0.05, 0.1) is 5.56 Å². The SMILES string of the molecule is CN(C)CCNC(=O)c1nnc2n1CC[C@@]1(CC2)CCN(C(=O)c2ccsc2)C1. The van der Waals surface area contributed by atoms with Crippen molar-refractivity contribution in [3.63, 3.8) is 0 Å². The maximum atomic E-state index is 12.7. The van der Waals surface area contributed by atoms with Crippen molar-refractivity contribution in [3.05, 3.63) is 34.0 Å². The summed E-state index contributed by atoms with van der Waals surface area (Å²) < 4.78 is 1.98. The number of amides is 2. The maximum Gasteiger partial charge on any atom is 0.289 e. The van der Waals surface area contributed by atoms with E-state index in [1.807, 2.05) is 45.3 Å². The summed E-state index contributed by atoms with van der Waals surface area (Å²) in [4.78, 5) is 29.3. The first-order chi connectivity index (χ1) is 14.0. The molecule has 2 aliphatic heterocycles. The van der Waals surface area contributed by atoms with Crippen molar-refractivity contribution in [1.82, 2.24) is 29.9 Å². The van der Waals surface area contributed by atoms with Gasteiger partial charge in [0, 0.05) is 44.5 Å². The first-order valence-corrected chi connectivity index (χ1v) is 11.1. The molecule has 1 spiro atoms. The first kappa shape index (κ1) is 20.0. The summed E-state index contributed by atoms with van der Waals surface area (Å²) in [5.74, 6) is 1.25.